The van der Waals surface area contributed by atoms with Gasteiger partial charge >= 0.3 is 0 Å². The standard InChI is InChI=1S/C16H28N2O2S/c1-6-12(5)18(9-4)21(19,20)16-11-13(7-2)10-15(17)14(16)8-3/h10-12H,6-9,17H2,1-5H3. The Balaban J connectivity index is 3.52. The fraction of sp³-hybridized carbons (Fsp3) is 0.625. The summed E-state index contributed by atoms with van der Waals surface area (Å²) in [6.07, 6.45) is 2.17. The smallest absolute Gasteiger partial charge is 0.243 e. The summed E-state index contributed by atoms with van der Waals surface area (Å²) in [6, 6.07) is 3.66. The van der Waals surface area contributed by atoms with Crippen molar-refractivity contribution in [1.29, 1.82) is 0 Å². The van der Waals surface area contributed by atoms with E-state index in [1.807, 2.05) is 40.7 Å². The maximum atomic E-state index is 13.0. The number of hydrogen-bond acceptors (Lipinski definition) is 3. The van der Waals surface area contributed by atoms with Crippen molar-refractivity contribution in [3.63, 3.8) is 0 Å². The maximum Gasteiger partial charge on any atom is 0.243 e. The van der Waals surface area contributed by atoms with Crippen LogP contribution in [-0.2, 0) is 22.9 Å². The molecule has 0 bridgehead atoms. The number of nitrogens with zero attached hydrogens (tertiary/aromatic N) is 1. The van der Waals surface area contributed by atoms with Crippen molar-refractivity contribution in [3.8, 4) is 0 Å². The number of rotatable bonds is 7. The zero-order valence-corrected chi connectivity index (χ0v) is 14.6. The Kier molecular flexibility index (Phi) is 6.23. The van der Waals surface area contributed by atoms with Crippen LogP contribution >= 0.6 is 0 Å². The fourth-order valence-electron chi connectivity index (χ4n) is 2.59. The second-order valence-electron chi connectivity index (χ2n) is 5.33. The molecule has 4 nitrogen and oxygen atoms in total. The first-order chi connectivity index (χ1) is 9.83. The molecule has 1 aromatic carbocycles. The molecule has 1 atom stereocenters. The Labute approximate surface area is 129 Å². The fourth-order valence-corrected chi connectivity index (χ4v) is 4.68. The van der Waals surface area contributed by atoms with Crippen LogP contribution in [0.25, 0.3) is 0 Å². The van der Waals surface area contributed by atoms with E-state index in [1.165, 1.54) is 0 Å². The van der Waals surface area contributed by atoms with Gasteiger partial charge in [0.2, 0.25) is 10.0 Å². The van der Waals surface area contributed by atoms with E-state index in [0.717, 1.165) is 24.0 Å². The first-order valence-electron chi connectivity index (χ1n) is 7.76. The van der Waals surface area contributed by atoms with Gasteiger partial charge in [-0.2, -0.15) is 4.31 Å². The highest BCUT2D eigenvalue weighted by atomic mass is 32.2. The predicted molar refractivity (Wildman–Crippen MR) is 88.9 cm³/mol. The van der Waals surface area contributed by atoms with E-state index in [0.29, 0.717) is 23.5 Å². The van der Waals surface area contributed by atoms with Crippen LogP contribution in [0.15, 0.2) is 17.0 Å². The normalized spacial score (nSPS) is 13.6. The van der Waals surface area contributed by atoms with E-state index >= 15 is 0 Å². The van der Waals surface area contributed by atoms with Crippen LogP contribution in [0.1, 0.15) is 52.2 Å². The third kappa shape index (κ3) is 3.58. The zero-order chi connectivity index (χ0) is 16.2. The van der Waals surface area contributed by atoms with Crippen molar-refractivity contribution < 1.29 is 8.42 Å². The molecule has 0 aliphatic heterocycles. The topological polar surface area (TPSA) is 63.4 Å². The number of benzene rings is 1. The molecule has 0 aromatic heterocycles. The van der Waals surface area contributed by atoms with E-state index in [2.05, 4.69) is 0 Å². The van der Waals surface area contributed by atoms with Gasteiger partial charge in [0.15, 0.2) is 0 Å². The second-order valence-corrected chi connectivity index (χ2v) is 7.19. The van der Waals surface area contributed by atoms with Crippen LogP contribution in [0.5, 0.6) is 0 Å². The lowest BCUT2D eigenvalue weighted by atomic mass is 10.1. The molecule has 21 heavy (non-hydrogen) atoms. The van der Waals surface area contributed by atoms with Gasteiger partial charge in [-0.1, -0.05) is 27.7 Å². The van der Waals surface area contributed by atoms with E-state index in [4.69, 9.17) is 5.73 Å². The van der Waals surface area contributed by atoms with Gasteiger partial charge in [-0.3, -0.25) is 0 Å². The molecular weight excluding hydrogens is 284 g/mol. The van der Waals surface area contributed by atoms with E-state index in [-0.39, 0.29) is 6.04 Å². The van der Waals surface area contributed by atoms with Crippen molar-refractivity contribution in [2.45, 2.75) is 64.8 Å². The van der Waals surface area contributed by atoms with Crippen molar-refractivity contribution >= 4 is 15.7 Å². The summed E-state index contributed by atoms with van der Waals surface area (Å²) < 4.78 is 27.6. The molecule has 0 spiro atoms. The van der Waals surface area contributed by atoms with Gasteiger partial charge in [0.1, 0.15) is 0 Å². The van der Waals surface area contributed by atoms with Crippen LogP contribution in [0.3, 0.4) is 0 Å². The molecule has 0 aliphatic rings. The minimum absolute atomic E-state index is 0.0174. The molecule has 0 fully saturated rings. The number of nitrogen functional groups attached to an aromatic ring is 1. The van der Waals surface area contributed by atoms with E-state index in [1.54, 1.807) is 10.4 Å². The SMILES string of the molecule is CCc1cc(N)c(CC)c(S(=O)(=O)N(CC)C(C)CC)c1. The minimum Gasteiger partial charge on any atom is -0.398 e. The van der Waals surface area contributed by atoms with Crippen LogP contribution in [0.2, 0.25) is 0 Å². The van der Waals surface area contributed by atoms with Crippen molar-refractivity contribution in [2.75, 3.05) is 12.3 Å². The minimum atomic E-state index is -3.51. The zero-order valence-electron chi connectivity index (χ0n) is 13.8. The molecule has 0 saturated carbocycles. The number of nitrogens with two attached hydrogens (primary N) is 1. The Morgan fingerprint density at radius 1 is 1.14 bits per heavy atom. The van der Waals surface area contributed by atoms with Crippen LogP contribution < -0.4 is 5.73 Å². The Morgan fingerprint density at radius 2 is 1.76 bits per heavy atom. The summed E-state index contributed by atoms with van der Waals surface area (Å²) in [5, 5.41) is 0. The molecule has 0 aliphatic carbocycles. The van der Waals surface area contributed by atoms with Crippen molar-refractivity contribution in [2.24, 2.45) is 0 Å². The third-order valence-corrected chi connectivity index (χ3v) is 6.20. The molecule has 0 amide bonds. The van der Waals surface area contributed by atoms with Gasteiger partial charge in [-0.25, -0.2) is 8.42 Å². The lowest BCUT2D eigenvalue weighted by Crippen LogP contribution is -2.38. The second kappa shape index (κ2) is 7.27. The highest BCUT2D eigenvalue weighted by molar-refractivity contribution is 7.89. The summed E-state index contributed by atoms with van der Waals surface area (Å²) >= 11 is 0. The number of anilines is 1. The molecular formula is C16H28N2O2S. The van der Waals surface area contributed by atoms with Gasteiger partial charge in [-0.05, 0) is 49.4 Å². The molecule has 5 heteroatoms. The highest BCUT2D eigenvalue weighted by Gasteiger charge is 2.29. The Morgan fingerprint density at radius 3 is 2.19 bits per heavy atom. The third-order valence-electron chi connectivity index (χ3n) is 4.05. The number of aryl methyl sites for hydroxylation is 1. The Hall–Kier alpha value is -1.07. The first-order valence-corrected chi connectivity index (χ1v) is 9.20. The number of sulfonamides is 1. The van der Waals surface area contributed by atoms with Gasteiger partial charge in [0, 0.05) is 18.3 Å². The van der Waals surface area contributed by atoms with Crippen LogP contribution in [0, 0.1) is 0 Å². The maximum absolute atomic E-state index is 13.0. The number of hydrogen-bond donors (Lipinski definition) is 1. The van der Waals surface area contributed by atoms with Crippen molar-refractivity contribution in [1.82, 2.24) is 4.31 Å². The van der Waals surface area contributed by atoms with Gasteiger partial charge < -0.3 is 5.73 Å². The molecule has 0 saturated heterocycles. The molecule has 1 rings (SSSR count). The monoisotopic (exact) mass is 312 g/mol. The lowest BCUT2D eigenvalue weighted by molar-refractivity contribution is 0.342. The molecule has 0 radical (unpaired) electrons. The summed E-state index contributed by atoms with van der Waals surface area (Å²) in [7, 11) is -3.51. The summed E-state index contributed by atoms with van der Waals surface area (Å²) in [4.78, 5) is 0.379. The summed E-state index contributed by atoms with van der Waals surface area (Å²) in [6.45, 7) is 10.2. The van der Waals surface area contributed by atoms with Crippen LogP contribution in [-0.4, -0.2) is 25.3 Å². The summed E-state index contributed by atoms with van der Waals surface area (Å²) in [5.74, 6) is 0. The van der Waals surface area contributed by atoms with Gasteiger partial charge in [0.25, 0.3) is 0 Å². The molecule has 120 valence electrons. The predicted octanol–water partition coefficient (Wildman–Crippen LogP) is 3.20. The molecule has 1 aromatic rings. The molecule has 1 unspecified atom stereocenters. The Bertz CT molecular complexity index is 582. The van der Waals surface area contributed by atoms with Crippen LogP contribution in [0.4, 0.5) is 5.69 Å². The van der Waals surface area contributed by atoms with E-state index < -0.39 is 10.0 Å². The largest absolute Gasteiger partial charge is 0.398 e. The molecule has 0 heterocycles. The first kappa shape index (κ1) is 18.0. The average Bonchev–Trinajstić information content (AvgIpc) is 2.46. The quantitative estimate of drug-likeness (QED) is 0.786. The summed E-state index contributed by atoms with van der Waals surface area (Å²) in [5.41, 5.74) is 8.34. The van der Waals surface area contributed by atoms with Gasteiger partial charge in [-0.15, -0.1) is 0 Å². The average molecular weight is 312 g/mol. The van der Waals surface area contributed by atoms with E-state index in [9.17, 15) is 8.42 Å². The van der Waals surface area contributed by atoms with Crippen molar-refractivity contribution in [3.05, 3.63) is 23.3 Å². The molecule has 2 N–H and O–H groups in total. The lowest BCUT2D eigenvalue weighted by Gasteiger charge is -2.28. The van der Waals surface area contributed by atoms with Gasteiger partial charge in [0.05, 0.1) is 4.90 Å². The highest BCUT2D eigenvalue weighted by Crippen LogP contribution is 2.29.